The second kappa shape index (κ2) is 6.93. The number of amides is 1. The van der Waals surface area contributed by atoms with Crippen LogP contribution in [0.15, 0.2) is 29.2 Å². The lowest BCUT2D eigenvalue weighted by molar-refractivity contribution is -0.143. The van der Waals surface area contributed by atoms with Gasteiger partial charge < -0.3 is 9.64 Å². The average molecular weight is 336 g/mol. The third kappa shape index (κ3) is 3.66. The Kier molecular flexibility index (Phi) is 5.20. The number of ether oxygens (including phenoxy) is 1. The van der Waals surface area contributed by atoms with Gasteiger partial charge >= 0.3 is 5.97 Å². The van der Waals surface area contributed by atoms with Crippen LogP contribution in [0.1, 0.15) is 5.56 Å². The quantitative estimate of drug-likeness (QED) is 0.477. The van der Waals surface area contributed by atoms with Crippen LogP contribution in [0.5, 0.6) is 0 Å². The molecule has 7 heteroatoms. The number of thiocarbonyl (C=S) groups is 1. The monoisotopic (exact) mass is 336 g/mol. The van der Waals surface area contributed by atoms with Crippen LogP contribution in [-0.4, -0.2) is 48.8 Å². The number of thioether (sulfide) groups is 1. The van der Waals surface area contributed by atoms with Gasteiger partial charge in [0.2, 0.25) is 0 Å². The first-order valence-electron chi connectivity index (χ1n) is 6.52. The molecule has 1 aromatic carbocycles. The number of benzene rings is 1. The number of anilines is 1. The summed E-state index contributed by atoms with van der Waals surface area (Å²) in [6, 6.07) is 7.81. The third-order valence-electron chi connectivity index (χ3n) is 3.10. The molecule has 0 aliphatic carbocycles. The van der Waals surface area contributed by atoms with E-state index in [2.05, 4.69) is 4.74 Å². The highest BCUT2D eigenvalue weighted by Gasteiger charge is 2.33. The lowest BCUT2D eigenvalue weighted by atomic mass is 10.2. The third-order valence-corrected chi connectivity index (χ3v) is 4.47. The number of methoxy groups -OCH3 is 1. The average Bonchev–Trinajstić information content (AvgIpc) is 2.75. The summed E-state index contributed by atoms with van der Waals surface area (Å²) in [4.78, 5) is 27.4. The molecule has 0 radical (unpaired) electrons. The van der Waals surface area contributed by atoms with Gasteiger partial charge in [0.05, 0.1) is 12.0 Å². The second-order valence-electron chi connectivity index (χ2n) is 4.83. The van der Waals surface area contributed by atoms with E-state index in [0.29, 0.717) is 9.23 Å². The summed E-state index contributed by atoms with van der Waals surface area (Å²) in [5, 5.41) is 0. The molecule has 1 aliphatic rings. The van der Waals surface area contributed by atoms with E-state index in [1.807, 2.05) is 43.3 Å². The molecule has 1 fully saturated rings. The Morgan fingerprint density at radius 3 is 2.55 bits per heavy atom. The fourth-order valence-corrected chi connectivity index (χ4v) is 3.11. The van der Waals surface area contributed by atoms with Gasteiger partial charge in [-0.1, -0.05) is 36.1 Å². The summed E-state index contributed by atoms with van der Waals surface area (Å²) in [7, 11) is 5.21. The summed E-state index contributed by atoms with van der Waals surface area (Å²) >= 11 is 6.34. The Bertz CT molecular complexity index is 639. The predicted molar refractivity (Wildman–Crippen MR) is 92.7 cm³/mol. The molecular weight excluding hydrogens is 320 g/mol. The van der Waals surface area contributed by atoms with E-state index in [4.69, 9.17) is 12.2 Å². The molecule has 0 saturated carbocycles. The fourth-order valence-electron chi connectivity index (χ4n) is 1.85. The summed E-state index contributed by atoms with van der Waals surface area (Å²) < 4.78 is 4.94. The topological polar surface area (TPSA) is 49.9 Å². The minimum Gasteiger partial charge on any atom is -0.468 e. The number of nitrogens with zero attached hydrogens (tertiary/aromatic N) is 2. The van der Waals surface area contributed by atoms with E-state index < -0.39 is 5.97 Å². The van der Waals surface area contributed by atoms with Gasteiger partial charge in [-0.3, -0.25) is 14.5 Å². The van der Waals surface area contributed by atoms with Crippen molar-refractivity contribution in [3.8, 4) is 0 Å². The highest BCUT2D eigenvalue weighted by Crippen LogP contribution is 2.32. The van der Waals surface area contributed by atoms with Gasteiger partial charge in [-0.05, 0) is 23.8 Å². The molecule has 0 unspecified atom stereocenters. The van der Waals surface area contributed by atoms with Gasteiger partial charge in [-0.15, -0.1) is 0 Å². The van der Waals surface area contributed by atoms with Gasteiger partial charge in [-0.2, -0.15) is 0 Å². The van der Waals surface area contributed by atoms with E-state index in [1.165, 1.54) is 23.8 Å². The van der Waals surface area contributed by atoms with Crippen LogP contribution >= 0.6 is 24.0 Å². The first-order chi connectivity index (χ1) is 10.4. The normalized spacial score (nSPS) is 16.3. The molecule has 1 heterocycles. The molecule has 0 bridgehead atoms. The molecular formula is C15H16N2O3S2. The van der Waals surface area contributed by atoms with Crippen LogP contribution in [0, 0.1) is 0 Å². The maximum atomic E-state index is 12.3. The SMILES string of the molecule is COC(=O)CN1C(=O)/C(=C\c2ccc(N(C)C)cc2)SC1=S. The maximum Gasteiger partial charge on any atom is 0.325 e. The van der Waals surface area contributed by atoms with E-state index in [9.17, 15) is 9.59 Å². The van der Waals surface area contributed by atoms with Gasteiger partial charge in [-0.25, -0.2) is 0 Å². The number of hydrogen-bond acceptors (Lipinski definition) is 6. The number of hydrogen-bond donors (Lipinski definition) is 0. The molecule has 0 N–H and O–H groups in total. The zero-order chi connectivity index (χ0) is 16.3. The maximum absolute atomic E-state index is 12.3. The molecule has 1 amide bonds. The highest BCUT2D eigenvalue weighted by molar-refractivity contribution is 8.26. The molecule has 22 heavy (non-hydrogen) atoms. The summed E-state index contributed by atoms with van der Waals surface area (Å²) in [6.45, 7) is -0.155. The van der Waals surface area contributed by atoms with Crippen molar-refractivity contribution in [3.63, 3.8) is 0 Å². The Hall–Kier alpha value is -1.86. The van der Waals surface area contributed by atoms with Gasteiger partial charge in [0.25, 0.3) is 5.91 Å². The van der Waals surface area contributed by atoms with Crippen LogP contribution in [0.2, 0.25) is 0 Å². The number of rotatable bonds is 4. The Balaban J connectivity index is 2.17. The minimum absolute atomic E-state index is 0.155. The first kappa shape index (κ1) is 16.5. The largest absolute Gasteiger partial charge is 0.468 e. The molecule has 5 nitrogen and oxygen atoms in total. The van der Waals surface area contributed by atoms with E-state index >= 15 is 0 Å². The molecule has 1 aliphatic heterocycles. The smallest absolute Gasteiger partial charge is 0.325 e. The van der Waals surface area contributed by atoms with E-state index in [1.54, 1.807) is 6.08 Å². The summed E-state index contributed by atoms with van der Waals surface area (Å²) in [5.41, 5.74) is 1.99. The highest BCUT2D eigenvalue weighted by atomic mass is 32.2. The van der Waals surface area contributed by atoms with Crippen molar-refractivity contribution in [2.24, 2.45) is 0 Å². The molecule has 0 aromatic heterocycles. The molecule has 0 atom stereocenters. The number of carbonyl (C=O) groups excluding carboxylic acids is 2. The van der Waals surface area contributed by atoms with E-state index in [-0.39, 0.29) is 12.5 Å². The van der Waals surface area contributed by atoms with Gasteiger partial charge in [0.1, 0.15) is 10.9 Å². The predicted octanol–water partition coefficient (Wildman–Crippen LogP) is 2.13. The van der Waals surface area contributed by atoms with Crippen LogP contribution in [0.3, 0.4) is 0 Å². The lowest BCUT2D eigenvalue weighted by Crippen LogP contribution is -2.33. The van der Waals surface area contributed by atoms with Crippen LogP contribution in [0.25, 0.3) is 6.08 Å². The van der Waals surface area contributed by atoms with Crippen molar-refractivity contribution in [3.05, 3.63) is 34.7 Å². The van der Waals surface area contributed by atoms with E-state index in [0.717, 1.165) is 11.3 Å². The van der Waals surface area contributed by atoms with Crippen LogP contribution in [-0.2, 0) is 14.3 Å². The first-order valence-corrected chi connectivity index (χ1v) is 7.74. The van der Waals surface area contributed by atoms with Gasteiger partial charge in [0, 0.05) is 19.8 Å². The number of carbonyl (C=O) groups is 2. The molecule has 116 valence electrons. The summed E-state index contributed by atoms with van der Waals surface area (Å²) in [6.07, 6.45) is 1.77. The molecule has 1 aromatic rings. The molecule has 1 saturated heterocycles. The Morgan fingerprint density at radius 1 is 1.36 bits per heavy atom. The zero-order valence-electron chi connectivity index (χ0n) is 12.5. The molecule has 0 spiro atoms. The Labute approximate surface area is 138 Å². The standard InChI is InChI=1S/C15H16N2O3S2/c1-16(2)11-6-4-10(5-7-11)8-12-14(19)17(15(21)22-12)9-13(18)20-3/h4-8H,9H2,1-3H3/b12-8+. The van der Waals surface area contributed by atoms with Crippen LogP contribution in [0.4, 0.5) is 5.69 Å². The van der Waals surface area contributed by atoms with Crippen molar-refractivity contribution in [1.82, 2.24) is 4.90 Å². The van der Waals surface area contributed by atoms with Crippen LogP contribution < -0.4 is 4.90 Å². The lowest BCUT2D eigenvalue weighted by Gasteiger charge is -2.12. The van der Waals surface area contributed by atoms with Crippen molar-refractivity contribution in [1.29, 1.82) is 0 Å². The molecule has 2 rings (SSSR count). The van der Waals surface area contributed by atoms with Crippen molar-refractivity contribution < 1.29 is 14.3 Å². The summed E-state index contributed by atoms with van der Waals surface area (Å²) in [5.74, 6) is -0.759. The van der Waals surface area contributed by atoms with Gasteiger partial charge in [0.15, 0.2) is 0 Å². The second-order valence-corrected chi connectivity index (χ2v) is 6.51. The van der Waals surface area contributed by atoms with Crippen molar-refractivity contribution in [2.45, 2.75) is 0 Å². The minimum atomic E-state index is -0.493. The fraction of sp³-hybridized carbons (Fsp3) is 0.267. The Morgan fingerprint density at radius 2 is 2.00 bits per heavy atom. The number of esters is 1. The van der Waals surface area contributed by atoms with Crippen molar-refractivity contribution in [2.75, 3.05) is 32.6 Å². The zero-order valence-corrected chi connectivity index (χ0v) is 14.2. The van der Waals surface area contributed by atoms with Crippen molar-refractivity contribution >= 4 is 51.9 Å².